The highest BCUT2D eigenvalue weighted by atomic mass is 16.5. The summed E-state index contributed by atoms with van der Waals surface area (Å²) in [6, 6.07) is 0. The van der Waals surface area contributed by atoms with Crippen molar-refractivity contribution in [3.05, 3.63) is 0 Å². The molecular formula is C10H20N2O2. The summed E-state index contributed by atoms with van der Waals surface area (Å²) in [6.07, 6.45) is 3.91. The SMILES string of the molecule is CCCCNCC1CCC(C(N)=O)O1. The maximum atomic E-state index is 10.8. The van der Waals surface area contributed by atoms with Gasteiger partial charge < -0.3 is 15.8 Å². The molecule has 1 aliphatic heterocycles. The van der Waals surface area contributed by atoms with Crippen molar-refractivity contribution >= 4 is 5.91 Å². The third kappa shape index (κ3) is 3.64. The molecule has 2 atom stereocenters. The highest BCUT2D eigenvalue weighted by Gasteiger charge is 2.28. The van der Waals surface area contributed by atoms with Gasteiger partial charge in [-0.15, -0.1) is 0 Å². The van der Waals surface area contributed by atoms with Gasteiger partial charge in [-0.1, -0.05) is 13.3 Å². The highest BCUT2D eigenvalue weighted by molar-refractivity contribution is 5.79. The Morgan fingerprint density at radius 3 is 2.93 bits per heavy atom. The van der Waals surface area contributed by atoms with E-state index in [0.29, 0.717) is 0 Å². The van der Waals surface area contributed by atoms with Gasteiger partial charge in [0.1, 0.15) is 6.10 Å². The van der Waals surface area contributed by atoms with Crippen molar-refractivity contribution in [1.29, 1.82) is 0 Å². The van der Waals surface area contributed by atoms with Gasteiger partial charge in [0.25, 0.3) is 0 Å². The summed E-state index contributed by atoms with van der Waals surface area (Å²) >= 11 is 0. The Balaban J connectivity index is 2.07. The van der Waals surface area contributed by atoms with Gasteiger partial charge in [0, 0.05) is 6.54 Å². The van der Waals surface area contributed by atoms with Gasteiger partial charge in [-0.25, -0.2) is 0 Å². The molecule has 4 heteroatoms. The van der Waals surface area contributed by atoms with Gasteiger partial charge in [-0.3, -0.25) is 4.79 Å². The minimum absolute atomic E-state index is 0.171. The number of rotatable bonds is 6. The summed E-state index contributed by atoms with van der Waals surface area (Å²) in [4.78, 5) is 10.8. The molecule has 1 heterocycles. The van der Waals surface area contributed by atoms with Gasteiger partial charge in [0.05, 0.1) is 6.10 Å². The molecular weight excluding hydrogens is 180 g/mol. The largest absolute Gasteiger partial charge is 0.367 e. The lowest BCUT2D eigenvalue weighted by atomic mass is 10.2. The van der Waals surface area contributed by atoms with Crippen LogP contribution in [0.5, 0.6) is 0 Å². The molecule has 3 N–H and O–H groups in total. The molecule has 1 rings (SSSR count). The molecule has 1 amide bonds. The van der Waals surface area contributed by atoms with Gasteiger partial charge in [0.2, 0.25) is 5.91 Å². The first kappa shape index (κ1) is 11.5. The second-order valence-electron chi connectivity index (χ2n) is 3.78. The third-order valence-corrected chi connectivity index (χ3v) is 2.50. The number of unbranched alkanes of at least 4 members (excludes halogenated alkanes) is 1. The van der Waals surface area contributed by atoms with Crippen molar-refractivity contribution in [3.8, 4) is 0 Å². The fourth-order valence-corrected chi connectivity index (χ4v) is 1.63. The van der Waals surface area contributed by atoms with Crippen LogP contribution in [0, 0.1) is 0 Å². The lowest BCUT2D eigenvalue weighted by Crippen LogP contribution is -2.32. The molecule has 2 unspecified atom stereocenters. The van der Waals surface area contributed by atoms with Gasteiger partial charge in [-0.2, -0.15) is 0 Å². The van der Waals surface area contributed by atoms with Crippen LogP contribution in [0.4, 0.5) is 0 Å². The number of ether oxygens (including phenoxy) is 1. The van der Waals surface area contributed by atoms with Crippen molar-refractivity contribution in [2.24, 2.45) is 5.73 Å². The maximum Gasteiger partial charge on any atom is 0.246 e. The summed E-state index contributed by atoms with van der Waals surface area (Å²) in [6.45, 7) is 4.03. The number of amides is 1. The van der Waals surface area contributed by atoms with Crippen molar-refractivity contribution in [3.63, 3.8) is 0 Å². The van der Waals surface area contributed by atoms with Crippen LogP contribution in [0.2, 0.25) is 0 Å². The van der Waals surface area contributed by atoms with Gasteiger partial charge >= 0.3 is 0 Å². The van der Waals surface area contributed by atoms with Crippen LogP contribution in [0.3, 0.4) is 0 Å². The quantitative estimate of drug-likeness (QED) is 0.610. The zero-order chi connectivity index (χ0) is 10.4. The van der Waals surface area contributed by atoms with Crippen LogP contribution in [0.1, 0.15) is 32.6 Å². The second-order valence-corrected chi connectivity index (χ2v) is 3.78. The van der Waals surface area contributed by atoms with Crippen molar-refractivity contribution < 1.29 is 9.53 Å². The lowest BCUT2D eigenvalue weighted by Gasteiger charge is -2.12. The molecule has 0 spiro atoms. The molecule has 4 nitrogen and oxygen atoms in total. The summed E-state index contributed by atoms with van der Waals surface area (Å²) in [5, 5.41) is 3.31. The molecule has 0 saturated carbocycles. The molecule has 0 aromatic heterocycles. The van der Waals surface area contributed by atoms with Crippen molar-refractivity contribution in [2.45, 2.75) is 44.8 Å². The van der Waals surface area contributed by atoms with E-state index in [1.165, 1.54) is 12.8 Å². The van der Waals surface area contributed by atoms with Crippen LogP contribution in [0.15, 0.2) is 0 Å². The predicted octanol–water partition coefficient (Wildman–Crippen LogP) is 0.409. The number of carbonyl (C=O) groups excluding carboxylic acids is 1. The smallest absolute Gasteiger partial charge is 0.246 e. The average Bonchev–Trinajstić information content (AvgIpc) is 2.61. The third-order valence-electron chi connectivity index (χ3n) is 2.50. The molecule has 1 aliphatic rings. The van der Waals surface area contributed by atoms with Crippen LogP contribution >= 0.6 is 0 Å². The molecule has 0 radical (unpaired) electrons. The number of nitrogens with one attached hydrogen (secondary N) is 1. The fourth-order valence-electron chi connectivity index (χ4n) is 1.63. The van der Waals surface area contributed by atoms with E-state index in [-0.39, 0.29) is 18.1 Å². The first-order valence-corrected chi connectivity index (χ1v) is 5.39. The van der Waals surface area contributed by atoms with E-state index in [1.807, 2.05) is 0 Å². The van der Waals surface area contributed by atoms with E-state index < -0.39 is 0 Å². The first-order valence-electron chi connectivity index (χ1n) is 5.39. The van der Waals surface area contributed by atoms with Crippen LogP contribution in [0.25, 0.3) is 0 Å². The lowest BCUT2D eigenvalue weighted by molar-refractivity contribution is -0.128. The summed E-state index contributed by atoms with van der Waals surface area (Å²) < 4.78 is 5.47. The van der Waals surface area contributed by atoms with Crippen LogP contribution in [-0.4, -0.2) is 31.2 Å². The maximum absolute atomic E-state index is 10.8. The fraction of sp³-hybridized carbons (Fsp3) is 0.900. The summed E-state index contributed by atoms with van der Waals surface area (Å²) in [7, 11) is 0. The van der Waals surface area contributed by atoms with Crippen molar-refractivity contribution in [1.82, 2.24) is 5.32 Å². The Kier molecular flexibility index (Phi) is 4.90. The first-order chi connectivity index (χ1) is 6.74. The molecule has 82 valence electrons. The van der Waals surface area contributed by atoms with Crippen LogP contribution in [-0.2, 0) is 9.53 Å². The molecule has 0 aromatic carbocycles. The number of primary amides is 1. The summed E-state index contributed by atoms with van der Waals surface area (Å²) in [5.41, 5.74) is 5.15. The normalized spacial score (nSPS) is 26.6. The Bertz CT molecular complexity index is 185. The van der Waals surface area contributed by atoms with Gasteiger partial charge in [-0.05, 0) is 25.8 Å². The second kappa shape index (κ2) is 5.98. The number of hydrogen-bond donors (Lipinski definition) is 2. The molecule has 0 aliphatic carbocycles. The van der Waals surface area contributed by atoms with E-state index in [0.717, 1.165) is 25.9 Å². The van der Waals surface area contributed by atoms with E-state index in [2.05, 4.69) is 12.2 Å². The average molecular weight is 200 g/mol. The van der Waals surface area contributed by atoms with E-state index in [9.17, 15) is 4.79 Å². The predicted molar refractivity (Wildman–Crippen MR) is 54.9 cm³/mol. The van der Waals surface area contributed by atoms with E-state index >= 15 is 0 Å². The number of nitrogens with two attached hydrogens (primary N) is 1. The van der Waals surface area contributed by atoms with Crippen LogP contribution < -0.4 is 11.1 Å². The summed E-state index contributed by atoms with van der Waals surface area (Å²) in [5.74, 6) is -0.332. The number of hydrogen-bond acceptors (Lipinski definition) is 3. The topological polar surface area (TPSA) is 64.3 Å². The Labute approximate surface area is 85.2 Å². The van der Waals surface area contributed by atoms with Crippen molar-refractivity contribution in [2.75, 3.05) is 13.1 Å². The van der Waals surface area contributed by atoms with E-state index in [1.54, 1.807) is 0 Å². The minimum atomic E-state index is -0.354. The van der Waals surface area contributed by atoms with E-state index in [4.69, 9.17) is 10.5 Å². The highest BCUT2D eigenvalue weighted by Crippen LogP contribution is 2.18. The molecule has 0 aromatic rings. The molecule has 1 saturated heterocycles. The standard InChI is InChI=1S/C10H20N2O2/c1-2-3-6-12-7-8-4-5-9(14-8)10(11)13/h8-9,12H,2-7H2,1H3,(H2,11,13). The Hall–Kier alpha value is -0.610. The zero-order valence-corrected chi connectivity index (χ0v) is 8.79. The molecule has 1 fully saturated rings. The minimum Gasteiger partial charge on any atom is -0.367 e. The van der Waals surface area contributed by atoms with Gasteiger partial charge in [0.15, 0.2) is 0 Å². The Morgan fingerprint density at radius 2 is 2.36 bits per heavy atom. The molecule has 14 heavy (non-hydrogen) atoms. The number of carbonyl (C=O) groups is 1. The zero-order valence-electron chi connectivity index (χ0n) is 8.79. The molecule has 0 bridgehead atoms. The monoisotopic (exact) mass is 200 g/mol. The Morgan fingerprint density at radius 1 is 1.57 bits per heavy atom.